The molecule has 4 heteroatoms. The summed E-state index contributed by atoms with van der Waals surface area (Å²) >= 11 is 0. The van der Waals surface area contributed by atoms with E-state index in [2.05, 4.69) is 59.3 Å². The fraction of sp³-hybridized carbons (Fsp3) is 0.591. The van der Waals surface area contributed by atoms with Gasteiger partial charge in [0.15, 0.2) is 0 Å². The minimum Gasteiger partial charge on any atom is -0.298 e. The van der Waals surface area contributed by atoms with Gasteiger partial charge in [0.1, 0.15) is 0 Å². The fourth-order valence-corrected chi connectivity index (χ4v) is 4.96. The molecule has 2 saturated heterocycles. The van der Waals surface area contributed by atoms with Crippen molar-refractivity contribution in [1.82, 2.24) is 19.6 Å². The molecule has 2 fully saturated rings. The number of hydrogen-bond donors (Lipinski definition) is 0. The summed E-state index contributed by atoms with van der Waals surface area (Å²) < 4.78 is 2.04. The molecule has 4 nitrogen and oxygen atoms in total. The smallest absolute Gasteiger partial charge is 0.0764 e. The van der Waals surface area contributed by atoms with E-state index in [-0.39, 0.29) is 0 Å². The minimum atomic E-state index is 0.485. The normalized spacial score (nSPS) is 25.0. The maximum absolute atomic E-state index is 4.69. The minimum absolute atomic E-state index is 0.485. The number of likely N-dealkylation sites (tertiary alicyclic amines) is 2. The summed E-state index contributed by atoms with van der Waals surface area (Å²) in [6.45, 7) is 10.2. The number of nitrogens with zero attached hydrogens (tertiary/aromatic N) is 4. The van der Waals surface area contributed by atoms with Crippen LogP contribution >= 0.6 is 0 Å². The molecule has 1 aromatic carbocycles. The van der Waals surface area contributed by atoms with Gasteiger partial charge >= 0.3 is 0 Å². The summed E-state index contributed by atoms with van der Waals surface area (Å²) in [6.07, 6.45) is 7.55. The molecule has 2 aromatic rings. The van der Waals surface area contributed by atoms with Gasteiger partial charge in [-0.15, -0.1) is 0 Å². The van der Waals surface area contributed by atoms with Gasteiger partial charge in [-0.3, -0.25) is 14.5 Å². The first kappa shape index (κ1) is 17.7. The topological polar surface area (TPSA) is 24.3 Å². The van der Waals surface area contributed by atoms with Gasteiger partial charge < -0.3 is 0 Å². The van der Waals surface area contributed by atoms with Gasteiger partial charge in [-0.1, -0.05) is 30.3 Å². The molecular weight excluding hydrogens is 320 g/mol. The van der Waals surface area contributed by atoms with E-state index in [1.54, 1.807) is 0 Å². The van der Waals surface area contributed by atoms with Crippen LogP contribution in [0, 0.1) is 5.41 Å². The van der Waals surface area contributed by atoms with Crippen LogP contribution in [0.3, 0.4) is 0 Å². The summed E-state index contributed by atoms with van der Waals surface area (Å²) in [5.74, 6) is 0. The molecule has 0 amide bonds. The van der Waals surface area contributed by atoms with Gasteiger partial charge in [-0.05, 0) is 62.7 Å². The summed E-state index contributed by atoms with van der Waals surface area (Å²) in [6, 6.07) is 13.1. The predicted molar refractivity (Wildman–Crippen MR) is 106 cm³/mol. The Labute approximate surface area is 157 Å². The van der Waals surface area contributed by atoms with E-state index in [4.69, 9.17) is 5.10 Å². The van der Waals surface area contributed by atoms with Crippen LogP contribution in [-0.2, 0) is 19.6 Å². The summed E-state index contributed by atoms with van der Waals surface area (Å²) in [4.78, 5) is 5.34. The first-order valence-electron chi connectivity index (χ1n) is 10.3. The summed E-state index contributed by atoms with van der Waals surface area (Å²) in [5.41, 5.74) is 3.15. The lowest BCUT2D eigenvalue weighted by Gasteiger charge is -2.48. The van der Waals surface area contributed by atoms with E-state index >= 15 is 0 Å². The maximum Gasteiger partial charge on any atom is 0.0764 e. The van der Waals surface area contributed by atoms with Crippen molar-refractivity contribution in [2.75, 3.05) is 26.2 Å². The van der Waals surface area contributed by atoms with E-state index in [1.807, 2.05) is 4.68 Å². The Bertz CT molecular complexity index is 691. The summed E-state index contributed by atoms with van der Waals surface area (Å²) in [7, 11) is 0. The van der Waals surface area contributed by atoms with Crippen molar-refractivity contribution in [3.05, 3.63) is 53.9 Å². The predicted octanol–water partition coefficient (Wildman–Crippen LogP) is 3.78. The Morgan fingerprint density at radius 1 is 0.923 bits per heavy atom. The van der Waals surface area contributed by atoms with Gasteiger partial charge in [-0.25, -0.2) is 0 Å². The molecular formula is C22H32N4. The van der Waals surface area contributed by atoms with E-state index in [1.165, 1.54) is 63.1 Å². The van der Waals surface area contributed by atoms with Crippen molar-refractivity contribution in [2.45, 2.75) is 52.2 Å². The van der Waals surface area contributed by atoms with Crippen molar-refractivity contribution < 1.29 is 0 Å². The van der Waals surface area contributed by atoms with Crippen molar-refractivity contribution in [2.24, 2.45) is 5.41 Å². The molecule has 3 heterocycles. The third kappa shape index (κ3) is 4.18. The van der Waals surface area contributed by atoms with Crippen LogP contribution in [0.5, 0.6) is 0 Å². The lowest BCUT2D eigenvalue weighted by molar-refractivity contribution is 0.00731. The number of aryl methyl sites for hydroxylation is 1. The lowest BCUT2D eigenvalue weighted by atomic mass is 9.73. The Hall–Kier alpha value is -1.65. The zero-order valence-corrected chi connectivity index (χ0v) is 16.1. The Kier molecular flexibility index (Phi) is 5.41. The highest BCUT2D eigenvalue weighted by atomic mass is 15.3. The van der Waals surface area contributed by atoms with Gasteiger partial charge in [-0.2, -0.15) is 5.10 Å². The lowest BCUT2D eigenvalue weighted by Crippen LogP contribution is -2.51. The van der Waals surface area contributed by atoms with Crippen molar-refractivity contribution in [1.29, 1.82) is 0 Å². The van der Waals surface area contributed by atoms with Crippen LogP contribution in [0.2, 0.25) is 0 Å². The number of benzene rings is 1. The molecule has 0 saturated carbocycles. The molecule has 1 atom stereocenters. The third-order valence-corrected chi connectivity index (χ3v) is 6.14. The molecule has 0 bridgehead atoms. The summed E-state index contributed by atoms with van der Waals surface area (Å²) in [5, 5.41) is 4.69. The fourth-order valence-electron chi connectivity index (χ4n) is 4.96. The SMILES string of the molecule is CCn1ccc(CN2CCCC3(CCCN(Cc4ccccc4)C3)C2)n1. The van der Waals surface area contributed by atoms with E-state index in [0.29, 0.717) is 5.41 Å². The molecule has 0 N–H and O–H groups in total. The van der Waals surface area contributed by atoms with E-state index < -0.39 is 0 Å². The third-order valence-electron chi connectivity index (χ3n) is 6.14. The number of rotatable bonds is 5. The number of hydrogen-bond acceptors (Lipinski definition) is 3. The highest BCUT2D eigenvalue weighted by Gasteiger charge is 2.39. The number of aromatic nitrogens is 2. The molecule has 1 unspecified atom stereocenters. The molecule has 0 aliphatic carbocycles. The first-order chi connectivity index (χ1) is 12.7. The first-order valence-corrected chi connectivity index (χ1v) is 10.3. The zero-order valence-electron chi connectivity index (χ0n) is 16.1. The van der Waals surface area contributed by atoms with E-state index in [9.17, 15) is 0 Å². The largest absolute Gasteiger partial charge is 0.298 e. The van der Waals surface area contributed by atoms with Crippen LogP contribution in [0.15, 0.2) is 42.6 Å². The van der Waals surface area contributed by atoms with Crippen LogP contribution in [0.4, 0.5) is 0 Å². The van der Waals surface area contributed by atoms with Gasteiger partial charge in [0.05, 0.1) is 5.69 Å². The second-order valence-electron chi connectivity index (χ2n) is 8.28. The van der Waals surface area contributed by atoms with Crippen molar-refractivity contribution in [3.63, 3.8) is 0 Å². The van der Waals surface area contributed by atoms with Gasteiger partial charge in [0, 0.05) is 38.9 Å². The average molecular weight is 353 g/mol. The van der Waals surface area contributed by atoms with Gasteiger partial charge in [0.2, 0.25) is 0 Å². The zero-order chi connectivity index (χ0) is 17.8. The van der Waals surface area contributed by atoms with Crippen LogP contribution in [-0.4, -0.2) is 45.8 Å². The second-order valence-corrected chi connectivity index (χ2v) is 8.28. The standard InChI is InChI=1S/C22H32N4/c1-2-26-15-10-21(23-26)17-25-14-7-12-22(19-25)11-6-13-24(18-22)16-20-8-4-3-5-9-20/h3-5,8-10,15H,2,6-7,11-14,16-19H2,1H3. The highest BCUT2D eigenvalue weighted by molar-refractivity contribution is 5.14. The van der Waals surface area contributed by atoms with Crippen molar-refractivity contribution in [3.8, 4) is 0 Å². The molecule has 4 rings (SSSR count). The highest BCUT2D eigenvalue weighted by Crippen LogP contribution is 2.39. The number of piperidine rings is 2. The molecule has 0 radical (unpaired) electrons. The van der Waals surface area contributed by atoms with Gasteiger partial charge in [0.25, 0.3) is 0 Å². The maximum atomic E-state index is 4.69. The molecule has 2 aliphatic rings. The van der Waals surface area contributed by atoms with Crippen LogP contribution < -0.4 is 0 Å². The van der Waals surface area contributed by atoms with Crippen LogP contribution in [0.1, 0.15) is 43.9 Å². The Morgan fingerprint density at radius 2 is 1.62 bits per heavy atom. The molecule has 2 aliphatic heterocycles. The molecule has 26 heavy (non-hydrogen) atoms. The molecule has 140 valence electrons. The average Bonchev–Trinajstić information content (AvgIpc) is 3.10. The van der Waals surface area contributed by atoms with Crippen LogP contribution in [0.25, 0.3) is 0 Å². The second kappa shape index (κ2) is 7.93. The quantitative estimate of drug-likeness (QED) is 0.818. The monoisotopic (exact) mass is 352 g/mol. The van der Waals surface area contributed by atoms with E-state index in [0.717, 1.165) is 19.6 Å². The Balaban J connectivity index is 1.38. The Morgan fingerprint density at radius 3 is 2.27 bits per heavy atom. The van der Waals surface area contributed by atoms with Crippen molar-refractivity contribution >= 4 is 0 Å². The molecule has 1 spiro atoms. The molecule has 1 aromatic heterocycles.